The first-order valence-electron chi connectivity index (χ1n) is 9.60. The number of nitrogens with two attached hydrogens (primary N) is 2. The van der Waals surface area contributed by atoms with E-state index in [-0.39, 0.29) is 12.3 Å². The van der Waals surface area contributed by atoms with Gasteiger partial charge in [0, 0.05) is 24.5 Å². The van der Waals surface area contributed by atoms with Crippen molar-refractivity contribution in [2.24, 2.45) is 10.7 Å². The number of aldehydes is 1. The molecule has 0 unspecified atom stereocenters. The maximum absolute atomic E-state index is 11.4. The molecule has 10 heteroatoms. The second kappa shape index (κ2) is 15.3. The van der Waals surface area contributed by atoms with E-state index in [2.05, 4.69) is 13.0 Å². The molecule has 0 spiro atoms. The van der Waals surface area contributed by atoms with Crippen LogP contribution in [0.4, 0.5) is 5.69 Å². The van der Waals surface area contributed by atoms with E-state index in [1.807, 2.05) is 18.2 Å². The SMILES string of the molecule is CN=C(C(N)=O)c1cc(OCc2ccccn2)ccc1N.O=CCCC[N]([Sb])CCO. The predicted octanol–water partition coefficient (Wildman–Crippen LogP) is 0.490. The molecule has 0 atom stereocenters. The molecule has 1 heterocycles. The van der Waals surface area contributed by atoms with Gasteiger partial charge in [0.05, 0.1) is 5.69 Å². The van der Waals surface area contributed by atoms with Gasteiger partial charge in [-0.1, -0.05) is 6.07 Å². The molecule has 0 fully saturated rings. The molecule has 2 aromatic rings. The third-order valence-corrected chi connectivity index (χ3v) is 5.09. The number of anilines is 1. The van der Waals surface area contributed by atoms with Crippen molar-refractivity contribution in [2.75, 3.05) is 32.5 Å². The Morgan fingerprint density at radius 1 is 1.32 bits per heavy atom. The second-order valence-corrected chi connectivity index (χ2v) is 7.90. The molecule has 1 amide bonds. The minimum absolute atomic E-state index is 0.121. The van der Waals surface area contributed by atoms with Crippen LogP contribution in [-0.4, -0.2) is 81.1 Å². The van der Waals surface area contributed by atoms with Gasteiger partial charge >= 0.3 is 75.1 Å². The second-order valence-electron chi connectivity index (χ2n) is 6.28. The number of carbonyl (C=O) groups is 2. The molecule has 9 nitrogen and oxygen atoms in total. The average molecular weight is 536 g/mol. The van der Waals surface area contributed by atoms with Crippen LogP contribution in [0, 0.1) is 0 Å². The van der Waals surface area contributed by atoms with Crippen LogP contribution >= 0.6 is 0 Å². The summed E-state index contributed by atoms with van der Waals surface area (Å²) < 4.78 is 7.69. The summed E-state index contributed by atoms with van der Waals surface area (Å²) in [6.07, 6.45) is 4.16. The molecule has 166 valence electrons. The Balaban J connectivity index is 0.000000407. The standard InChI is InChI=1S/C15H16N4O2.C6H12NO2.Sb/c1-18-14(15(17)20)12-8-11(5-6-13(12)16)21-9-10-4-2-3-7-19-10;8-5-2-1-3-7-4-6-9;/h2-8H,9,16H2,1H3,(H2,17,20);5,9H,1-4,6H2;/q;-1;+1. The Bertz CT molecular complexity index is 849. The van der Waals surface area contributed by atoms with Crippen LogP contribution in [0.25, 0.3) is 0 Å². The topological polar surface area (TPSA) is 144 Å². The summed E-state index contributed by atoms with van der Waals surface area (Å²) in [5.74, 6) is -0.0710. The quantitative estimate of drug-likeness (QED) is 0.125. The van der Waals surface area contributed by atoms with E-state index < -0.39 is 5.91 Å². The number of aliphatic imine (C=N–C) groups is 1. The minimum atomic E-state index is -0.633. The number of aliphatic hydroxyl groups is 1. The van der Waals surface area contributed by atoms with Crippen LogP contribution in [0.3, 0.4) is 0 Å². The van der Waals surface area contributed by atoms with Gasteiger partial charge in [0.1, 0.15) is 18.1 Å². The Morgan fingerprint density at radius 3 is 2.68 bits per heavy atom. The summed E-state index contributed by atoms with van der Waals surface area (Å²) in [7, 11) is 1.49. The molecule has 0 saturated carbocycles. The van der Waals surface area contributed by atoms with Crippen LogP contribution in [0.2, 0.25) is 0 Å². The Hall–Kier alpha value is -2.48. The molecule has 0 bridgehead atoms. The molecule has 5 N–H and O–H groups in total. The summed E-state index contributed by atoms with van der Waals surface area (Å²) in [4.78, 5) is 29.3. The Labute approximate surface area is 196 Å². The normalized spacial score (nSPS) is 10.9. The molecular formula is C21H28N5O4Sb. The number of benzene rings is 1. The van der Waals surface area contributed by atoms with Crippen molar-refractivity contribution in [3.8, 4) is 5.75 Å². The first-order chi connectivity index (χ1) is 14.9. The van der Waals surface area contributed by atoms with Crippen molar-refractivity contribution in [3.05, 3.63) is 53.9 Å². The number of ether oxygens (including phenoxy) is 1. The van der Waals surface area contributed by atoms with Crippen molar-refractivity contribution in [1.82, 2.24) is 8.04 Å². The van der Waals surface area contributed by atoms with Crippen LogP contribution < -0.4 is 16.2 Å². The molecular weight excluding hydrogens is 508 g/mol. The number of pyridine rings is 1. The number of carbonyl (C=O) groups excluding carboxylic acids is 2. The van der Waals surface area contributed by atoms with Crippen LogP contribution in [-0.2, 0) is 16.2 Å². The van der Waals surface area contributed by atoms with Crippen LogP contribution in [0.5, 0.6) is 5.75 Å². The molecule has 0 aliphatic heterocycles. The average Bonchev–Trinajstić information content (AvgIpc) is 2.76. The first kappa shape index (κ1) is 26.6. The zero-order chi connectivity index (χ0) is 23.1. The third kappa shape index (κ3) is 10.4. The van der Waals surface area contributed by atoms with E-state index in [4.69, 9.17) is 21.3 Å². The fourth-order valence-electron chi connectivity index (χ4n) is 2.42. The van der Waals surface area contributed by atoms with E-state index >= 15 is 0 Å². The van der Waals surface area contributed by atoms with E-state index in [0.29, 0.717) is 36.6 Å². The van der Waals surface area contributed by atoms with E-state index in [1.54, 1.807) is 47.7 Å². The van der Waals surface area contributed by atoms with Crippen LogP contribution in [0.1, 0.15) is 24.1 Å². The number of hydrogen-bond acceptors (Lipinski definition) is 8. The fraction of sp³-hybridized carbons (Fsp3) is 0.333. The van der Waals surface area contributed by atoms with E-state index in [0.717, 1.165) is 24.9 Å². The third-order valence-electron chi connectivity index (χ3n) is 3.95. The summed E-state index contributed by atoms with van der Waals surface area (Å²) in [6, 6.07) is 10.6. The van der Waals surface area contributed by atoms with Gasteiger partial charge in [-0.3, -0.25) is 14.8 Å². The number of amides is 1. The summed E-state index contributed by atoms with van der Waals surface area (Å²) >= 11 is 1.59. The van der Waals surface area contributed by atoms with Crippen molar-refractivity contribution < 1.29 is 19.4 Å². The molecule has 1 aromatic carbocycles. The van der Waals surface area contributed by atoms with Crippen molar-refractivity contribution >= 4 is 46.9 Å². The molecule has 2 radical (unpaired) electrons. The number of aromatic nitrogens is 1. The summed E-state index contributed by atoms with van der Waals surface area (Å²) in [5, 5.41) is 8.49. The van der Waals surface area contributed by atoms with Gasteiger partial charge in [0.15, 0.2) is 0 Å². The van der Waals surface area contributed by atoms with Gasteiger partial charge < -0.3 is 16.2 Å². The molecule has 31 heavy (non-hydrogen) atoms. The van der Waals surface area contributed by atoms with E-state index in [1.165, 1.54) is 7.05 Å². The van der Waals surface area contributed by atoms with Gasteiger partial charge in [-0.05, 0) is 30.3 Å². The van der Waals surface area contributed by atoms with Gasteiger partial charge in [-0.15, -0.1) is 0 Å². The molecule has 1 aromatic heterocycles. The molecule has 0 aliphatic carbocycles. The molecule has 0 aliphatic rings. The number of nitrogens with zero attached hydrogens (tertiary/aromatic N) is 3. The van der Waals surface area contributed by atoms with Gasteiger partial charge in [0.25, 0.3) is 5.91 Å². The van der Waals surface area contributed by atoms with Crippen molar-refractivity contribution in [2.45, 2.75) is 19.4 Å². The van der Waals surface area contributed by atoms with E-state index in [9.17, 15) is 9.59 Å². The Kier molecular flexibility index (Phi) is 13.1. The Morgan fingerprint density at radius 2 is 2.10 bits per heavy atom. The number of hydrogen-bond donors (Lipinski definition) is 3. The number of aliphatic hydroxyl groups excluding tert-OH is 1. The fourth-order valence-corrected chi connectivity index (χ4v) is 3.08. The van der Waals surface area contributed by atoms with Crippen molar-refractivity contribution in [1.29, 1.82) is 0 Å². The summed E-state index contributed by atoms with van der Waals surface area (Å²) in [6.45, 7) is 2.15. The number of unbranched alkanes of at least 4 members (excludes halogenated alkanes) is 1. The molecule has 2 rings (SSSR count). The van der Waals surface area contributed by atoms with Gasteiger partial charge in [0.2, 0.25) is 0 Å². The van der Waals surface area contributed by atoms with Crippen molar-refractivity contribution in [3.63, 3.8) is 0 Å². The van der Waals surface area contributed by atoms with Gasteiger partial charge in [-0.2, -0.15) is 0 Å². The predicted molar refractivity (Wildman–Crippen MR) is 121 cm³/mol. The first-order valence-corrected chi connectivity index (χ1v) is 10.7. The summed E-state index contributed by atoms with van der Waals surface area (Å²) in [5.41, 5.74) is 12.9. The molecule has 0 saturated heterocycles. The monoisotopic (exact) mass is 535 g/mol. The van der Waals surface area contributed by atoms with Gasteiger partial charge in [-0.25, -0.2) is 0 Å². The number of nitrogen functional groups attached to an aromatic ring is 1. The maximum atomic E-state index is 11.4. The number of primary amides is 1. The zero-order valence-corrected chi connectivity index (χ0v) is 20.0. The zero-order valence-electron chi connectivity index (χ0n) is 17.5. The number of rotatable bonds is 11. The van der Waals surface area contributed by atoms with Crippen LogP contribution in [0.15, 0.2) is 47.6 Å².